The Morgan fingerprint density at radius 1 is 1.32 bits per heavy atom. The molecule has 2 aromatic rings. The first-order chi connectivity index (χ1) is 16.3. The third-order valence-corrected chi connectivity index (χ3v) is 6.78. The van der Waals surface area contributed by atoms with Crippen LogP contribution in [0.4, 0.5) is 4.39 Å². The second-order valence-corrected chi connectivity index (χ2v) is 9.10. The monoisotopic (exact) mass is 550 g/mol. The highest BCUT2D eigenvalue weighted by Gasteiger charge is 2.42. The summed E-state index contributed by atoms with van der Waals surface area (Å²) in [5.41, 5.74) is 1.21. The van der Waals surface area contributed by atoms with Gasteiger partial charge in [-0.05, 0) is 24.6 Å². The quantitative estimate of drug-likeness (QED) is 0.509. The normalized spacial score (nSPS) is 17.9. The zero-order valence-corrected chi connectivity index (χ0v) is 20.7. The Morgan fingerprint density at radius 2 is 2.12 bits per heavy atom. The minimum absolute atomic E-state index is 0.0399. The predicted molar refractivity (Wildman–Crippen MR) is 124 cm³/mol. The van der Waals surface area contributed by atoms with Crippen molar-refractivity contribution in [2.45, 2.75) is 13.0 Å². The molecule has 1 saturated heterocycles. The first kappa shape index (κ1) is 24.0. The van der Waals surface area contributed by atoms with Gasteiger partial charge in [0.05, 0.1) is 31.5 Å². The van der Waals surface area contributed by atoms with Crippen LogP contribution >= 0.6 is 27.3 Å². The molecule has 1 atom stereocenters. The van der Waals surface area contributed by atoms with Crippen LogP contribution in [0.3, 0.4) is 0 Å². The number of aromatic nitrogens is 1. The first-order valence-corrected chi connectivity index (χ1v) is 12.0. The number of hydrogen-bond donors (Lipinski definition) is 0. The van der Waals surface area contributed by atoms with Crippen molar-refractivity contribution < 1.29 is 28.2 Å². The van der Waals surface area contributed by atoms with Gasteiger partial charge in [0.25, 0.3) is 0 Å². The molecule has 2 aliphatic rings. The number of nitrogens with zero attached hydrogens (tertiary/aromatic N) is 4. The number of esters is 2. The molecule has 1 amide bonds. The molecule has 178 valence electrons. The summed E-state index contributed by atoms with van der Waals surface area (Å²) in [5, 5.41) is 2.33. The SMILES string of the molecule is CCOC(=O)C1=C2CN(CC(=O)OC)C(=O)CN2C(c2nccs2)=N[C@H]1c1ccc(F)cc1Br. The highest BCUT2D eigenvalue weighted by Crippen LogP contribution is 2.40. The molecule has 1 aromatic heterocycles. The molecule has 0 bridgehead atoms. The van der Waals surface area contributed by atoms with Gasteiger partial charge in [0.1, 0.15) is 24.9 Å². The number of ether oxygens (including phenoxy) is 2. The highest BCUT2D eigenvalue weighted by atomic mass is 79.9. The molecule has 0 aliphatic carbocycles. The van der Waals surface area contributed by atoms with Crippen molar-refractivity contribution in [2.24, 2.45) is 4.99 Å². The molecule has 3 heterocycles. The van der Waals surface area contributed by atoms with E-state index >= 15 is 0 Å². The van der Waals surface area contributed by atoms with E-state index < -0.39 is 23.8 Å². The number of carbonyl (C=O) groups excluding carboxylic acids is 3. The molecule has 0 unspecified atom stereocenters. The van der Waals surface area contributed by atoms with Crippen molar-refractivity contribution in [3.05, 3.63) is 61.9 Å². The number of methoxy groups -OCH3 is 1. The van der Waals surface area contributed by atoms with Gasteiger partial charge in [-0.15, -0.1) is 11.3 Å². The molecule has 34 heavy (non-hydrogen) atoms. The summed E-state index contributed by atoms with van der Waals surface area (Å²) in [4.78, 5) is 50.1. The van der Waals surface area contributed by atoms with Gasteiger partial charge in [-0.2, -0.15) is 0 Å². The fourth-order valence-electron chi connectivity index (χ4n) is 3.79. The first-order valence-electron chi connectivity index (χ1n) is 10.3. The van der Waals surface area contributed by atoms with E-state index in [0.29, 0.717) is 26.6 Å². The van der Waals surface area contributed by atoms with Crippen LogP contribution in [0.5, 0.6) is 0 Å². The summed E-state index contributed by atoms with van der Waals surface area (Å²) in [6, 6.07) is 3.27. The summed E-state index contributed by atoms with van der Waals surface area (Å²) in [5.74, 6) is -1.57. The number of rotatable bonds is 6. The van der Waals surface area contributed by atoms with Crippen LogP contribution in [-0.4, -0.2) is 71.8 Å². The molecule has 9 nitrogen and oxygen atoms in total. The van der Waals surface area contributed by atoms with Gasteiger partial charge < -0.3 is 19.3 Å². The van der Waals surface area contributed by atoms with Gasteiger partial charge in [0.2, 0.25) is 5.91 Å². The van der Waals surface area contributed by atoms with E-state index in [1.54, 1.807) is 29.5 Å². The molecule has 1 fully saturated rings. The average Bonchev–Trinajstić information content (AvgIpc) is 3.33. The van der Waals surface area contributed by atoms with E-state index in [9.17, 15) is 18.8 Å². The predicted octanol–water partition coefficient (Wildman–Crippen LogP) is 2.68. The zero-order chi connectivity index (χ0) is 24.4. The summed E-state index contributed by atoms with van der Waals surface area (Å²) >= 11 is 4.71. The Labute approximate surface area is 207 Å². The average molecular weight is 551 g/mol. The Bertz CT molecular complexity index is 1200. The highest BCUT2D eigenvalue weighted by molar-refractivity contribution is 9.10. The molecule has 0 N–H and O–H groups in total. The van der Waals surface area contributed by atoms with Crippen LogP contribution in [0.25, 0.3) is 0 Å². The van der Waals surface area contributed by atoms with Crippen LogP contribution in [0.2, 0.25) is 0 Å². The van der Waals surface area contributed by atoms with Crippen molar-refractivity contribution in [1.82, 2.24) is 14.8 Å². The van der Waals surface area contributed by atoms with E-state index in [4.69, 9.17) is 14.5 Å². The summed E-state index contributed by atoms with van der Waals surface area (Å²) in [6.45, 7) is 1.36. The third-order valence-electron chi connectivity index (χ3n) is 5.33. The van der Waals surface area contributed by atoms with Crippen molar-refractivity contribution in [2.75, 3.05) is 33.4 Å². The lowest BCUT2D eigenvalue weighted by atomic mass is 9.93. The number of piperazine rings is 1. The Morgan fingerprint density at radius 3 is 2.76 bits per heavy atom. The van der Waals surface area contributed by atoms with E-state index in [1.807, 2.05) is 0 Å². The molecular formula is C22H20BrFN4O5S. The van der Waals surface area contributed by atoms with Crippen molar-refractivity contribution in [3.8, 4) is 0 Å². The number of amidine groups is 1. The van der Waals surface area contributed by atoms with E-state index in [1.165, 1.54) is 35.5 Å². The summed E-state index contributed by atoms with van der Waals surface area (Å²) in [6.07, 6.45) is 1.62. The van der Waals surface area contributed by atoms with Crippen LogP contribution in [0.15, 0.2) is 50.5 Å². The van der Waals surface area contributed by atoms with Crippen LogP contribution in [0.1, 0.15) is 23.5 Å². The van der Waals surface area contributed by atoms with Gasteiger partial charge in [-0.25, -0.2) is 14.2 Å². The largest absolute Gasteiger partial charge is 0.468 e. The van der Waals surface area contributed by atoms with E-state index in [0.717, 1.165) is 0 Å². The van der Waals surface area contributed by atoms with E-state index in [2.05, 4.69) is 20.9 Å². The molecule has 2 aliphatic heterocycles. The number of benzene rings is 1. The molecule has 1 aromatic carbocycles. The zero-order valence-electron chi connectivity index (χ0n) is 18.3. The molecule has 0 spiro atoms. The second-order valence-electron chi connectivity index (χ2n) is 7.35. The number of hydrogen-bond acceptors (Lipinski definition) is 9. The fourth-order valence-corrected chi connectivity index (χ4v) is 5.00. The standard InChI is InChI=1S/C22H20BrFN4O5S/c1-3-33-22(31)18-15-9-27(11-17(30)32-2)16(29)10-28(15)20(21-25-6-7-34-21)26-19(18)13-5-4-12(24)8-14(13)23/h4-8,19H,3,9-11H2,1-2H3/t19-/m0/s1. The maximum absolute atomic E-state index is 13.8. The van der Waals surface area contributed by atoms with Crippen molar-refractivity contribution in [3.63, 3.8) is 0 Å². The molecule has 4 rings (SSSR count). The number of carbonyl (C=O) groups is 3. The summed E-state index contributed by atoms with van der Waals surface area (Å²) < 4.78 is 24.3. The number of thiazole rings is 1. The van der Waals surface area contributed by atoms with Gasteiger partial charge in [-0.1, -0.05) is 22.0 Å². The number of fused-ring (bicyclic) bond motifs is 1. The lowest BCUT2D eigenvalue weighted by molar-refractivity contribution is -0.147. The van der Waals surface area contributed by atoms with Crippen molar-refractivity contribution >= 4 is 50.9 Å². The Kier molecular flexibility index (Phi) is 7.08. The van der Waals surface area contributed by atoms with E-state index in [-0.39, 0.29) is 37.7 Å². The third kappa shape index (κ3) is 4.60. The maximum atomic E-state index is 13.8. The lowest BCUT2D eigenvalue weighted by Gasteiger charge is -2.41. The number of aliphatic imine (C=N–C) groups is 1. The van der Waals surface area contributed by atoms with Gasteiger partial charge >= 0.3 is 11.9 Å². The number of amides is 1. The Hall–Kier alpha value is -3.12. The van der Waals surface area contributed by atoms with Crippen LogP contribution in [0, 0.1) is 5.82 Å². The number of halogens is 2. The summed E-state index contributed by atoms with van der Waals surface area (Å²) in [7, 11) is 1.24. The molecular weight excluding hydrogens is 531 g/mol. The maximum Gasteiger partial charge on any atom is 0.338 e. The fraction of sp³-hybridized carbons (Fsp3) is 0.318. The molecule has 0 saturated carbocycles. The molecule has 0 radical (unpaired) electrons. The van der Waals surface area contributed by atoms with Crippen LogP contribution < -0.4 is 0 Å². The molecule has 12 heteroatoms. The van der Waals surface area contributed by atoms with Gasteiger partial charge in [0.15, 0.2) is 10.8 Å². The Balaban J connectivity index is 1.90. The van der Waals surface area contributed by atoms with Gasteiger partial charge in [0, 0.05) is 16.0 Å². The minimum Gasteiger partial charge on any atom is -0.468 e. The van der Waals surface area contributed by atoms with Crippen LogP contribution in [-0.2, 0) is 23.9 Å². The smallest absolute Gasteiger partial charge is 0.338 e. The lowest BCUT2D eigenvalue weighted by Crippen LogP contribution is -2.54. The second kappa shape index (κ2) is 10.0. The topological polar surface area (TPSA) is 101 Å². The van der Waals surface area contributed by atoms with Crippen molar-refractivity contribution in [1.29, 1.82) is 0 Å². The minimum atomic E-state index is -0.854. The van der Waals surface area contributed by atoms with Gasteiger partial charge in [-0.3, -0.25) is 14.6 Å².